The van der Waals surface area contributed by atoms with E-state index in [1.54, 1.807) is 28.8 Å². The van der Waals surface area contributed by atoms with E-state index in [2.05, 4.69) is 37.4 Å². The Bertz CT molecular complexity index is 1150. The van der Waals surface area contributed by atoms with Crippen LogP contribution < -0.4 is 5.32 Å². The molecule has 0 bridgehead atoms. The van der Waals surface area contributed by atoms with Gasteiger partial charge in [-0.25, -0.2) is 4.39 Å². The Morgan fingerprint density at radius 1 is 0.892 bits per heavy atom. The molecule has 0 aliphatic carbocycles. The molecule has 3 aromatic rings. The third-order valence-electron chi connectivity index (χ3n) is 6.00. The van der Waals surface area contributed by atoms with Gasteiger partial charge in [0.1, 0.15) is 11.9 Å². The van der Waals surface area contributed by atoms with Crippen molar-refractivity contribution in [2.45, 2.75) is 52.5 Å². The molecule has 3 rings (SSSR count). The Morgan fingerprint density at radius 2 is 1.54 bits per heavy atom. The molecule has 0 heterocycles. The number of carbonyl (C=O) groups is 2. The van der Waals surface area contributed by atoms with E-state index in [0.717, 1.165) is 11.1 Å². The van der Waals surface area contributed by atoms with Crippen LogP contribution >= 0.6 is 11.8 Å². The van der Waals surface area contributed by atoms with Crippen molar-refractivity contribution in [1.82, 2.24) is 10.2 Å². The van der Waals surface area contributed by atoms with E-state index < -0.39 is 6.04 Å². The summed E-state index contributed by atoms with van der Waals surface area (Å²) in [7, 11) is 0. The summed E-state index contributed by atoms with van der Waals surface area (Å²) in [6, 6.07) is 21.6. The van der Waals surface area contributed by atoms with E-state index >= 15 is 0 Å². The van der Waals surface area contributed by atoms with E-state index in [4.69, 9.17) is 0 Å². The van der Waals surface area contributed by atoms with Gasteiger partial charge in [0.25, 0.3) is 0 Å². The monoisotopic (exact) mass is 520 g/mol. The van der Waals surface area contributed by atoms with Crippen molar-refractivity contribution in [3.8, 4) is 0 Å². The number of nitrogens with zero attached hydrogens (tertiary/aromatic N) is 1. The number of aryl methyl sites for hydroxylation is 2. The Hall–Kier alpha value is -3.12. The van der Waals surface area contributed by atoms with Crippen LogP contribution in [-0.2, 0) is 28.3 Å². The van der Waals surface area contributed by atoms with Crippen molar-refractivity contribution < 1.29 is 14.0 Å². The molecule has 2 amide bonds. The second kappa shape index (κ2) is 14.0. The number of nitrogens with one attached hydrogen (secondary N) is 1. The number of halogens is 1. The topological polar surface area (TPSA) is 49.4 Å². The number of benzene rings is 3. The molecule has 0 saturated heterocycles. The summed E-state index contributed by atoms with van der Waals surface area (Å²) in [5.41, 5.74) is 5.33. The summed E-state index contributed by atoms with van der Waals surface area (Å²) in [4.78, 5) is 28.8. The van der Waals surface area contributed by atoms with Crippen LogP contribution in [0.2, 0.25) is 0 Å². The average molecular weight is 521 g/mol. The van der Waals surface area contributed by atoms with Gasteiger partial charge in [0.2, 0.25) is 11.8 Å². The molecule has 0 radical (unpaired) electrons. The fraction of sp³-hybridized carbons (Fsp3) is 0.355. The van der Waals surface area contributed by atoms with Crippen LogP contribution in [0.1, 0.15) is 41.7 Å². The summed E-state index contributed by atoms with van der Waals surface area (Å²) >= 11 is 1.54. The Balaban J connectivity index is 1.84. The SMILES string of the molecule is Cc1cc(C)cc(CSCC(=O)N(Cc2ccc(F)cc2)[C@@H](Cc2ccccc2)C(=O)NCC(C)C)c1. The van der Waals surface area contributed by atoms with Crippen LogP contribution in [-0.4, -0.2) is 35.1 Å². The van der Waals surface area contributed by atoms with Gasteiger partial charge in [-0.15, -0.1) is 11.8 Å². The maximum absolute atomic E-state index is 13.7. The third kappa shape index (κ3) is 9.36. The first-order chi connectivity index (χ1) is 17.7. The lowest BCUT2D eigenvalue weighted by molar-refractivity contribution is -0.139. The molecule has 0 unspecified atom stereocenters. The highest BCUT2D eigenvalue weighted by atomic mass is 32.2. The van der Waals surface area contributed by atoms with Crippen LogP contribution in [0, 0.1) is 25.6 Å². The molecule has 0 aliphatic rings. The van der Waals surface area contributed by atoms with E-state index in [9.17, 15) is 14.0 Å². The summed E-state index contributed by atoms with van der Waals surface area (Å²) < 4.78 is 13.6. The highest BCUT2D eigenvalue weighted by Crippen LogP contribution is 2.20. The molecule has 1 atom stereocenters. The van der Waals surface area contributed by atoms with Gasteiger partial charge in [0, 0.05) is 25.3 Å². The number of rotatable bonds is 12. The number of hydrogen-bond acceptors (Lipinski definition) is 3. The van der Waals surface area contributed by atoms with Crippen LogP contribution in [0.4, 0.5) is 4.39 Å². The highest BCUT2D eigenvalue weighted by Gasteiger charge is 2.30. The molecule has 0 spiro atoms. The van der Waals surface area contributed by atoms with Gasteiger partial charge in [0.05, 0.1) is 5.75 Å². The number of thioether (sulfide) groups is 1. The number of hydrogen-bond donors (Lipinski definition) is 1. The summed E-state index contributed by atoms with van der Waals surface area (Å²) in [6.45, 7) is 8.98. The lowest BCUT2D eigenvalue weighted by Crippen LogP contribution is -2.51. The molecule has 0 aromatic heterocycles. The van der Waals surface area contributed by atoms with Crippen LogP contribution in [0.15, 0.2) is 72.8 Å². The zero-order valence-electron chi connectivity index (χ0n) is 22.2. The minimum Gasteiger partial charge on any atom is -0.354 e. The zero-order chi connectivity index (χ0) is 26.8. The molecule has 1 N–H and O–H groups in total. The van der Waals surface area contributed by atoms with Crippen molar-refractivity contribution in [2.24, 2.45) is 5.92 Å². The van der Waals surface area contributed by atoms with E-state index in [-0.39, 0.29) is 35.8 Å². The fourth-order valence-corrected chi connectivity index (χ4v) is 5.10. The summed E-state index contributed by atoms with van der Waals surface area (Å²) in [5, 5.41) is 3.03. The van der Waals surface area contributed by atoms with E-state index in [1.165, 1.54) is 28.8 Å². The predicted octanol–water partition coefficient (Wildman–Crippen LogP) is 6.09. The molecule has 0 saturated carbocycles. The Morgan fingerprint density at radius 3 is 2.16 bits per heavy atom. The first kappa shape index (κ1) is 28.5. The number of carbonyl (C=O) groups excluding carboxylic acids is 2. The second-order valence-electron chi connectivity index (χ2n) is 9.98. The molecular weight excluding hydrogens is 483 g/mol. The maximum Gasteiger partial charge on any atom is 0.243 e. The largest absolute Gasteiger partial charge is 0.354 e. The third-order valence-corrected chi connectivity index (χ3v) is 6.99. The second-order valence-corrected chi connectivity index (χ2v) is 11.0. The van der Waals surface area contributed by atoms with Crippen molar-refractivity contribution >= 4 is 23.6 Å². The fourth-order valence-electron chi connectivity index (χ4n) is 4.25. The normalized spacial score (nSPS) is 11.8. The summed E-state index contributed by atoms with van der Waals surface area (Å²) in [6.07, 6.45) is 0.402. The van der Waals surface area contributed by atoms with Gasteiger partial charge in [-0.1, -0.05) is 85.6 Å². The van der Waals surface area contributed by atoms with E-state index in [1.807, 2.05) is 44.2 Å². The van der Waals surface area contributed by atoms with Crippen molar-refractivity contribution in [3.63, 3.8) is 0 Å². The van der Waals surface area contributed by atoms with Gasteiger partial charge in [-0.2, -0.15) is 0 Å². The zero-order valence-corrected chi connectivity index (χ0v) is 23.0. The van der Waals surface area contributed by atoms with Crippen LogP contribution in [0.5, 0.6) is 0 Å². The van der Waals surface area contributed by atoms with Crippen molar-refractivity contribution in [1.29, 1.82) is 0 Å². The predicted molar refractivity (Wildman–Crippen MR) is 151 cm³/mol. The molecule has 6 heteroatoms. The maximum atomic E-state index is 13.7. The first-order valence-corrected chi connectivity index (χ1v) is 13.9. The quantitative estimate of drug-likeness (QED) is 0.315. The van der Waals surface area contributed by atoms with Gasteiger partial charge in [-0.05, 0) is 48.6 Å². The molecule has 0 aliphatic heterocycles. The van der Waals surface area contributed by atoms with E-state index in [0.29, 0.717) is 18.7 Å². The Kier molecular flexibility index (Phi) is 10.8. The molecule has 4 nitrogen and oxygen atoms in total. The lowest BCUT2D eigenvalue weighted by Gasteiger charge is -2.32. The average Bonchev–Trinajstić information content (AvgIpc) is 2.85. The number of amides is 2. The van der Waals surface area contributed by atoms with Crippen molar-refractivity contribution in [2.75, 3.05) is 12.3 Å². The van der Waals surface area contributed by atoms with Gasteiger partial charge in [-0.3, -0.25) is 9.59 Å². The first-order valence-electron chi connectivity index (χ1n) is 12.7. The van der Waals surface area contributed by atoms with Crippen LogP contribution in [0.3, 0.4) is 0 Å². The Labute approximate surface area is 224 Å². The smallest absolute Gasteiger partial charge is 0.243 e. The van der Waals surface area contributed by atoms with Gasteiger partial charge in [0.15, 0.2) is 0 Å². The van der Waals surface area contributed by atoms with Crippen molar-refractivity contribution in [3.05, 3.63) is 106 Å². The standard InChI is InChI=1S/C31H37FN2O2S/c1-22(2)18-33-31(36)29(17-25-8-6-5-7-9-25)34(19-26-10-12-28(32)13-11-26)30(35)21-37-20-27-15-23(3)14-24(4)16-27/h5-16,22,29H,17-21H2,1-4H3,(H,33,36)/t29-/m0/s1. The molecule has 196 valence electrons. The minimum absolute atomic E-state index is 0.112. The van der Waals surface area contributed by atoms with Crippen LogP contribution in [0.25, 0.3) is 0 Å². The lowest BCUT2D eigenvalue weighted by atomic mass is 10.0. The summed E-state index contributed by atoms with van der Waals surface area (Å²) in [5.74, 6) is 0.627. The minimum atomic E-state index is -0.680. The highest BCUT2D eigenvalue weighted by molar-refractivity contribution is 7.99. The van der Waals surface area contributed by atoms with Gasteiger partial charge >= 0.3 is 0 Å². The molecule has 37 heavy (non-hydrogen) atoms. The molecule has 3 aromatic carbocycles. The van der Waals surface area contributed by atoms with Gasteiger partial charge < -0.3 is 10.2 Å². The molecule has 0 fully saturated rings. The molecular formula is C31H37FN2O2S.